The lowest BCUT2D eigenvalue weighted by Crippen LogP contribution is -2.57. The van der Waals surface area contributed by atoms with E-state index in [-0.39, 0.29) is 0 Å². The van der Waals surface area contributed by atoms with Gasteiger partial charge in [-0.2, -0.15) is 0 Å². The molecule has 0 aromatic rings. The summed E-state index contributed by atoms with van der Waals surface area (Å²) in [7, 11) is 0. The van der Waals surface area contributed by atoms with Gasteiger partial charge in [-0.05, 0) is 20.8 Å². The number of rotatable bonds is 4. The summed E-state index contributed by atoms with van der Waals surface area (Å²) in [5.74, 6) is -1.85. The van der Waals surface area contributed by atoms with E-state index in [1.165, 1.54) is 20.8 Å². The SMILES string of the molecule is C[C@@H](O)[C@H](N)C(=O)NC(C)(C)C(=O)O. The van der Waals surface area contributed by atoms with Crippen LogP contribution in [0, 0.1) is 0 Å². The Bertz CT molecular complexity index is 237. The predicted octanol–water partition coefficient (Wildman–Crippen LogP) is -1.33. The maximum atomic E-state index is 11.2. The standard InChI is InChI=1S/C8H16N2O4/c1-4(11)5(9)6(12)10-8(2,3)7(13)14/h4-5,11H,9H2,1-3H3,(H,10,12)(H,13,14)/t4-,5+/m1/s1. The number of nitrogens with two attached hydrogens (primary N) is 1. The zero-order chi connectivity index (χ0) is 11.5. The van der Waals surface area contributed by atoms with Crippen molar-refractivity contribution < 1.29 is 19.8 Å². The van der Waals surface area contributed by atoms with Gasteiger partial charge in [0.25, 0.3) is 0 Å². The summed E-state index contributed by atoms with van der Waals surface area (Å²) in [5.41, 5.74) is 3.93. The molecule has 0 saturated heterocycles. The number of nitrogens with one attached hydrogen (secondary N) is 1. The maximum absolute atomic E-state index is 11.2. The molecule has 0 aliphatic heterocycles. The highest BCUT2D eigenvalue weighted by atomic mass is 16.4. The number of aliphatic hydroxyl groups is 1. The van der Waals surface area contributed by atoms with Gasteiger partial charge in [0, 0.05) is 0 Å². The Kier molecular flexibility index (Phi) is 4.03. The van der Waals surface area contributed by atoms with E-state index in [0.717, 1.165) is 0 Å². The molecule has 0 heterocycles. The Morgan fingerprint density at radius 2 is 1.86 bits per heavy atom. The summed E-state index contributed by atoms with van der Waals surface area (Å²) in [4.78, 5) is 21.9. The molecule has 0 aliphatic rings. The third kappa shape index (κ3) is 3.31. The minimum absolute atomic E-state index is 0.688. The van der Waals surface area contributed by atoms with Crippen LogP contribution in [-0.2, 0) is 9.59 Å². The molecule has 2 atom stereocenters. The van der Waals surface area contributed by atoms with Crippen LogP contribution in [0.4, 0.5) is 0 Å². The summed E-state index contributed by atoms with van der Waals surface area (Å²) in [6.07, 6.45) is -1.01. The van der Waals surface area contributed by atoms with E-state index in [0.29, 0.717) is 0 Å². The number of carboxylic acids is 1. The quantitative estimate of drug-likeness (QED) is 0.453. The van der Waals surface area contributed by atoms with Crippen molar-refractivity contribution in [2.45, 2.75) is 38.5 Å². The lowest BCUT2D eigenvalue weighted by molar-refractivity contribution is -0.146. The first-order valence-corrected chi connectivity index (χ1v) is 4.17. The van der Waals surface area contributed by atoms with Gasteiger partial charge in [-0.25, -0.2) is 4.79 Å². The number of hydrogen-bond acceptors (Lipinski definition) is 4. The molecular formula is C8H16N2O4. The van der Waals surface area contributed by atoms with Gasteiger partial charge in [0.2, 0.25) is 5.91 Å². The molecule has 0 aliphatic carbocycles. The van der Waals surface area contributed by atoms with Gasteiger partial charge in [0.05, 0.1) is 6.10 Å². The Labute approximate surface area is 82.1 Å². The number of aliphatic hydroxyl groups excluding tert-OH is 1. The summed E-state index contributed by atoms with van der Waals surface area (Å²) in [5, 5.41) is 19.9. The van der Waals surface area contributed by atoms with E-state index < -0.39 is 29.6 Å². The Morgan fingerprint density at radius 3 is 2.14 bits per heavy atom. The van der Waals surface area contributed by atoms with Crippen LogP contribution in [-0.4, -0.2) is 39.8 Å². The number of carbonyl (C=O) groups excluding carboxylic acids is 1. The van der Waals surface area contributed by atoms with Crippen molar-refractivity contribution in [1.29, 1.82) is 0 Å². The lowest BCUT2D eigenvalue weighted by Gasteiger charge is -2.24. The molecule has 14 heavy (non-hydrogen) atoms. The second-order valence-corrected chi connectivity index (χ2v) is 3.69. The van der Waals surface area contributed by atoms with E-state index >= 15 is 0 Å². The highest BCUT2D eigenvalue weighted by Crippen LogP contribution is 2.02. The highest BCUT2D eigenvalue weighted by molar-refractivity contribution is 5.89. The molecule has 0 bridgehead atoms. The molecule has 0 fully saturated rings. The van der Waals surface area contributed by atoms with Crippen LogP contribution in [0.3, 0.4) is 0 Å². The van der Waals surface area contributed by atoms with Crippen LogP contribution in [0.5, 0.6) is 0 Å². The third-order valence-corrected chi connectivity index (χ3v) is 1.79. The molecule has 82 valence electrons. The molecule has 1 amide bonds. The number of carbonyl (C=O) groups is 2. The number of amides is 1. The van der Waals surface area contributed by atoms with Gasteiger partial charge in [-0.3, -0.25) is 4.79 Å². The monoisotopic (exact) mass is 204 g/mol. The first kappa shape index (κ1) is 12.9. The Hall–Kier alpha value is -1.14. The smallest absolute Gasteiger partial charge is 0.328 e. The van der Waals surface area contributed by atoms with E-state index in [1.807, 2.05) is 0 Å². The van der Waals surface area contributed by atoms with Gasteiger partial charge in [0.15, 0.2) is 0 Å². The molecule has 5 N–H and O–H groups in total. The topological polar surface area (TPSA) is 113 Å². The molecule has 0 radical (unpaired) electrons. The summed E-state index contributed by atoms with van der Waals surface area (Å²) in [6.45, 7) is 4.03. The summed E-state index contributed by atoms with van der Waals surface area (Å²) < 4.78 is 0. The largest absolute Gasteiger partial charge is 0.480 e. The highest BCUT2D eigenvalue weighted by Gasteiger charge is 2.31. The fourth-order valence-electron chi connectivity index (χ4n) is 0.664. The van der Waals surface area contributed by atoms with Gasteiger partial charge in [-0.15, -0.1) is 0 Å². The fraction of sp³-hybridized carbons (Fsp3) is 0.750. The lowest BCUT2D eigenvalue weighted by atomic mass is 10.0. The Balaban J connectivity index is 4.40. The molecule has 0 aromatic heterocycles. The first-order valence-electron chi connectivity index (χ1n) is 4.17. The molecule has 0 aromatic carbocycles. The second kappa shape index (κ2) is 4.39. The minimum atomic E-state index is -1.39. The first-order chi connectivity index (χ1) is 6.18. The zero-order valence-electron chi connectivity index (χ0n) is 8.44. The molecule has 0 saturated carbocycles. The minimum Gasteiger partial charge on any atom is -0.480 e. The van der Waals surface area contributed by atoms with Crippen molar-refractivity contribution in [3.05, 3.63) is 0 Å². The summed E-state index contributed by atoms with van der Waals surface area (Å²) in [6, 6.07) is -1.12. The second-order valence-electron chi connectivity index (χ2n) is 3.69. The zero-order valence-corrected chi connectivity index (χ0v) is 8.44. The van der Waals surface area contributed by atoms with Crippen molar-refractivity contribution in [3.8, 4) is 0 Å². The van der Waals surface area contributed by atoms with Crippen LogP contribution in [0.1, 0.15) is 20.8 Å². The molecular weight excluding hydrogens is 188 g/mol. The fourth-order valence-corrected chi connectivity index (χ4v) is 0.664. The number of hydrogen-bond donors (Lipinski definition) is 4. The van der Waals surface area contributed by atoms with Gasteiger partial charge in [0.1, 0.15) is 11.6 Å². The average molecular weight is 204 g/mol. The molecule has 0 unspecified atom stereocenters. The maximum Gasteiger partial charge on any atom is 0.328 e. The van der Waals surface area contributed by atoms with E-state index in [9.17, 15) is 9.59 Å². The number of carboxylic acid groups (broad SMARTS) is 1. The normalized spacial score (nSPS) is 15.8. The van der Waals surface area contributed by atoms with Crippen LogP contribution in [0.25, 0.3) is 0 Å². The van der Waals surface area contributed by atoms with Crippen molar-refractivity contribution in [2.75, 3.05) is 0 Å². The molecule has 0 spiro atoms. The molecule has 6 nitrogen and oxygen atoms in total. The van der Waals surface area contributed by atoms with Gasteiger partial charge >= 0.3 is 5.97 Å². The average Bonchev–Trinajstić information content (AvgIpc) is 2.01. The van der Waals surface area contributed by atoms with E-state index in [1.54, 1.807) is 0 Å². The third-order valence-electron chi connectivity index (χ3n) is 1.79. The van der Waals surface area contributed by atoms with Crippen molar-refractivity contribution in [1.82, 2.24) is 5.32 Å². The molecule has 6 heteroatoms. The van der Waals surface area contributed by atoms with Gasteiger partial charge < -0.3 is 21.3 Å². The summed E-state index contributed by atoms with van der Waals surface area (Å²) >= 11 is 0. The van der Waals surface area contributed by atoms with Crippen LogP contribution >= 0.6 is 0 Å². The van der Waals surface area contributed by atoms with Crippen molar-refractivity contribution >= 4 is 11.9 Å². The van der Waals surface area contributed by atoms with E-state index in [4.69, 9.17) is 15.9 Å². The van der Waals surface area contributed by atoms with Crippen LogP contribution in [0.2, 0.25) is 0 Å². The van der Waals surface area contributed by atoms with Crippen LogP contribution < -0.4 is 11.1 Å². The Morgan fingerprint density at radius 1 is 1.43 bits per heavy atom. The number of aliphatic carboxylic acids is 1. The van der Waals surface area contributed by atoms with E-state index in [2.05, 4.69) is 5.32 Å². The van der Waals surface area contributed by atoms with Crippen molar-refractivity contribution in [3.63, 3.8) is 0 Å². The van der Waals surface area contributed by atoms with Crippen molar-refractivity contribution in [2.24, 2.45) is 5.73 Å². The predicted molar refractivity (Wildman–Crippen MR) is 49.5 cm³/mol. The van der Waals surface area contributed by atoms with Gasteiger partial charge in [-0.1, -0.05) is 0 Å². The molecule has 0 rings (SSSR count). The van der Waals surface area contributed by atoms with Crippen LogP contribution in [0.15, 0.2) is 0 Å².